The molecule has 7 heteroatoms. The molecule has 0 aromatic heterocycles. The molecule has 0 spiro atoms. The van der Waals surface area contributed by atoms with E-state index in [0.717, 1.165) is 13.0 Å². The van der Waals surface area contributed by atoms with Crippen molar-refractivity contribution in [1.82, 2.24) is 5.32 Å². The summed E-state index contributed by atoms with van der Waals surface area (Å²) in [5.74, 6) is -0.645. The van der Waals surface area contributed by atoms with Crippen molar-refractivity contribution >= 4 is 13.1 Å². The quantitative estimate of drug-likeness (QED) is 0.398. The molecule has 1 aliphatic heterocycles. The highest BCUT2D eigenvalue weighted by molar-refractivity contribution is 6.40. The number of carboxylic acids is 1. The SMILES string of the molecule is NC1(C(=O)O)C(CCCB(O)O)C[C@H]2CNC[C@H]21. The van der Waals surface area contributed by atoms with Gasteiger partial charge in [0.1, 0.15) is 5.54 Å². The number of hydrogen-bond acceptors (Lipinski definition) is 5. The zero-order valence-electron chi connectivity index (χ0n) is 10.4. The van der Waals surface area contributed by atoms with Crippen molar-refractivity contribution in [2.45, 2.75) is 31.1 Å². The molecule has 0 aromatic carbocycles. The minimum Gasteiger partial charge on any atom is -0.480 e. The van der Waals surface area contributed by atoms with E-state index in [9.17, 15) is 9.90 Å². The summed E-state index contributed by atoms with van der Waals surface area (Å²) in [5, 5.41) is 30.3. The average Bonchev–Trinajstić information content (AvgIpc) is 2.82. The minimum atomic E-state index is -1.32. The van der Waals surface area contributed by atoms with E-state index < -0.39 is 18.6 Å². The Morgan fingerprint density at radius 2 is 2.17 bits per heavy atom. The number of aliphatic carboxylic acids is 1. The van der Waals surface area contributed by atoms with Gasteiger partial charge in [0.25, 0.3) is 0 Å². The van der Waals surface area contributed by atoms with E-state index in [1.807, 2.05) is 0 Å². The van der Waals surface area contributed by atoms with Crippen molar-refractivity contribution in [1.29, 1.82) is 0 Å². The predicted molar refractivity (Wildman–Crippen MR) is 66.7 cm³/mol. The molecule has 6 nitrogen and oxygen atoms in total. The van der Waals surface area contributed by atoms with Gasteiger partial charge in [0.15, 0.2) is 0 Å². The highest BCUT2D eigenvalue weighted by Crippen LogP contribution is 2.47. The summed E-state index contributed by atoms with van der Waals surface area (Å²) in [6.07, 6.45) is 2.34. The van der Waals surface area contributed by atoms with Gasteiger partial charge >= 0.3 is 13.1 Å². The Morgan fingerprint density at radius 1 is 1.44 bits per heavy atom. The smallest absolute Gasteiger partial charge is 0.451 e. The van der Waals surface area contributed by atoms with Crippen LogP contribution in [0.1, 0.15) is 19.3 Å². The third kappa shape index (κ3) is 2.27. The van der Waals surface area contributed by atoms with Crippen LogP contribution in [-0.2, 0) is 4.79 Å². The Morgan fingerprint density at radius 3 is 2.78 bits per heavy atom. The number of carboxylic acid groups (broad SMARTS) is 1. The van der Waals surface area contributed by atoms with Crippen molar-refractivity contribution < 1.29 is 19.9 Å². The second kappa shape index (κ2) is 5.17. The molecule has 2 fully saturated rings. The highest BCUT2D eigenvalue weighted by atomic mass is 16.4. The molecule has 1 saturated heterocycles. The maximum atomic E-state index is 11.5. The molecule has 0 radical (unpaired) electrons. The molecule has 102 valence electrons. The molecule has 0 aromatic rings. The molecular formula is C11H21BN2O4. The first-order valence-electron chi connectivity index (χ1n) is 6.55. The van der Waals surface area contributed by atoms with E-state index in [1.165, 1.54) is 0 Å². The van der Waals surface area contributed by atoms with Crippen LogP contribution >= 0.6 is 0 Å². The summed E-state index contributed by atoms with van der Waals surface area (Å²) in [5.41, 5.74) is 5.03. The topological polar surface area (TPSA) is 116 Å². The molecule has 1 aliphatic carbocycles. The Hall–Kier alpha value is -0.625. The Labute approximate surface area is 107 Å². The van der Waals surface area contributed by atoms with Crippen LogP contribution in [0.2, 0.25) is 6.32 Å². The van der Waals surface area contributed by atoms with Crippen LogP contribution in [0.15, 0.2) is 0 Å². The normalized spacial score (nSPS) is 38.7. The van der Waals surface area contributed by atoms with E-state index in [-0.39, 0.29) is 18.2 Å². The number of fused-ring (bicyclic) bond motifs is 1. The fraction of sp³-hybridized carbons (Fsp3) is 0.909. The molecular weight excluding hydrogens is 235 g/mol. The van der Waals surface area contributed by atoms with Crippen molar-refractivity contribution in [2.24, 2.45) is 23.5 Å². The molecule has 4 atom stereocenters. The third-order valence-electron chi connectivity index (χ3n) is 4.60. The lowest BCUT2D eigenvalue weighted by Gasteiger charge is -2.31. The van der Waals surface area contributed by atoms with Gasteiger partial charge in [-0.2, -0.15) is 0 Å². The van der Waals surface area contributed by atoms with E-state index in [1.54, 1.807) is 0 Å². The van der Waals surface area contributed by atoms with Gasteiger partial charge in [0.05, 0.1) is 0 Å². The van der Waals surface area contributed by atoms with E-state index in [2.05, 4.69) is 5.32 Å². The van der Waals surface area contributed by atoms with Gasteiger partial charge in [0, 0.05) is 12.5 Å². The highest BCUT2D eigenvalue weighted by Gasteiger charge is 2.58. The van der Waals surface area contributed by atoms with Crippen molar-refractivity contribution in [2.75, 3.05) is 13.1 Å². The van der Waals surface area contributed by atoms with Crippen LogP contribution in [0, 0.1) is 17.8 Å². The summed E-state index contributed by atoms with van der Waals surface area (Å²) in [6.45, 7) is 1.52. The van der Waals surface area contributed by atoms with Gasteiger partial charge in [0.2, 0.25) is 0 Å². The number of nitrogens with one attached hydrogen (secondary N) is 1. The van der Waals surface area contributed by atoms with E-state index in [4.69, 9.17) is 15.8 Å². The third-order valence-corrected chi connectivity index (χ3v) is 4.60. The molecule has 2 aliphatic rings. The zero-order valence-corrected chi connectivity index (χ0v) is 10.4. The number of nitrogens with two attached hydrogens (primary N) is 1. The Kier molecular flexibility index (Phi) is 3.96. The second-order valence-electron chi connectivity index (χ2n) is 5.61. The number of rotatable bonds is 5. The molecule has 2 rings (SSSR count). The summed E-state index contributed by atoms with van der Waals surface area (Å²) in [4.78, 5) is 11.5. The van der Waals surface area contributed by atoms with Gasteiger partial charge in [-0.3, -0.25) is 4.79 Å². The largest absolute Gasteiger partial charge is 0.480 e. The number of hydrogen-bond donors (Lipinski definition) is 5. The fourth-order valence-corrected chi connectivity index (χ4v) is 3.64. The monoisotopic (exact) mass is 256 g/mol. The van der Waals surface area contributed by atoms with Crippen LogP contribution in [0.4, 0.5) is 0 Å². The molecule has 0 amide bonds. The zero-order chi connectivity index (χ0) is 13.3. The summed E-state index contributed by atoms with van der Waals surface area (Å²) in [6, 6.07) is 0. The molecule has 1 saturated carbocycles. The van der Waals surface area contributed by atoms with Crippen molar-refractivity contribution in [3.8, 4) is 0 Å². The van der Waals surface area contributed by atoms with Gasteiger partial charge < -0.3 is 26.2 Å². The predicted octanol–water partition coefficient (Wildman–Crippen LogP) is -1.12. The average molecular weight is 256 g/mol. The summed E-state index contributed by atoms with van der Waals surface area (Å²) < 4.78 is 0. The van der Waals surface area contributed by atoms with Crippen LogP contribution in [0.5, 0.6) is 0 Å². The Bertz CT molecular complexity index is 328. The summed E-state index contributed by atoms with van der Waals surface area (Å²) >= 11 is 0. The first-order valence-corrected chi connectivity index (χ1v) is 6.55. The lowest BCUT2D eigenvalue weighted by atomic mass is 9.76. The Balaban J connectivity index is 2.03. The lowest BCUT2D eigenvalue weighted by molar-refractivity contribution is -0.146. The van der Waals surface area contributed by atoms with Crippen molar-refractivity contribution in [3.63, 3.8) is 0 Å². The van der Waals surface area contributed by atoms with Crippen LogP contribution in [-0.4, -0.2) is 46.9 Å². The molecule has 2 unspecified atom stereocenters. The molecule has 18 heavy (non-hydrogen) atoms. The second-order valence-corrected chi connectivity index (χ2v) is 5.61. The maximum Gasteiger partial charge on any atom is 0.451 e. The van der Waals surface area contributed by atoms with Gasteiger partial charge in [-0.1, -0.05) is 6.42 Å². The molecule has 1 heterocycles. The standard InChI is InChI=1S/C11H21BN2O4/c13-11(10(15)16)8(2-1-3-12(17)18)4-7-5-14-6-9(7)11/h7-9,14,17-18H,1-6,13H2,(H,15,16)/t7-,8?,9+,11?/m0/s1. The van der Waals surface area contributed by atoms with Gasteiger partial charge in [-0.05, 0) is 37.5 Å². The van der Waals surface area contributed by atoms with Crippen LogP contribution in [0.3, 0.4) is 0 Å². The number of carbonyl (C=O) groups is 1. The van der Waals surface area contributed by atoms with E-state index >= 15 is 0 Å². The van der Waals surface area contributed by atoms with E-state index in [0.29, 0.717) is 25.3 Å². The summed E-state index contributed by atoms with van der Waals surface area (Å²) in [7, 11) is -1.32. The minimum absolute atomic E-state index is 0.000880. The van der Waals surface area contributed by atoms with Gasteiger partial charge in [-0.25, -0.2) is 0 Å². The molecule has 0 bridgehead atoms. The maximum absolute atomic E-state index is 11.5. The van der Waals surface area contributed by atoms with Crippen LogP contribution in [0.25, 0.3) is 0 Å². The van der Waals surface area contributed by atoms with Crippen molar-refractivity contribution in [3.05, 3.63) is 0 Å². The first-order chi connectivity index (χ1) is 8.46. The van der Waals surface area contributed by atoms with Crippen LogP contribution < -0.4 is 11.1 Å². The first kappa shape index (κ1) is 13.8. The lowest BCUT2D eigenvalue weighted by Crippen LogP contribution is -2.57. The van der Waals surface area contributed by atoms with Gasteiger partial charge in [-0.15, -0.1) is 0 Å². The fourth-order valence-electron chi connectivity index (χ4n) is 3.64. The molecule has 6 N–H and O–H groups in total.